The predicted molar refractivity (Wildman–Crippen MR) is 18.0 cm³/mol. The van der Waals surface area contributed by atoms with Crippen molar-refractivity contribution in [1.29, 1.82) is 0 Å². The van der Waals surface area contributed by atoms with Gasteiger partial charge >= 0.3 is 11.5 Å². The number of alkyl halides is 5. The predicted octanol–water partition coefficient (Wildman–Crippen LogP) is 1.40. The van der Waals surface area contributed by atoms with Crippen molar-refractivity contribution in [3.63, 3.8) is 0 Å². The third-order valence-corrected chi connectivity index (χ3v) is 0.568. The van der Waals surface area contributed by atoms with Gasteiger partial charge in [0.15, 0.2) is 0 Å². The number of hydrogen-bond donors (Lipinski definition) is 1. The fourth-order valence-electron chi connectivity index (χ4n) is 0. The van der Waals surface area contributed by atoms with Crippen LogP contribution < -0.4 is 0 Å². The van der Waals surface area contributed by atoms with Gasteiger partial charge in [0.2, 0.25) is 0 Å². The number of rotatable bonds is 1. The average molecular weight is 152 g/mol. The minimum atomic E-state index is -5.13. The van der Waals surface area contributed by atoms with Crippen LogP contribution in [0.4, 0.5) is 17.6 Å². The van der Waals surface area contributed by atoms with Crippen LogP contribution in [-0.2, 0) is 0 Å². The van der Waals surface area contributed by atoms with E-state index in [1.165, 1.54) is 0 Å². The molecule has 0 spiro atoms. The van der Waals surface area contributed by atoms with Gasteiger partial charge in [0.1, 0.15) is 0 Å². The lowest BCUT2D eigenvalue weighted by molar-refractivity contribution is -0.291. The highest BCUT2D eigenvalue weighted by Gasteiger charge is 2.53. The zero-order chi connectivity index (χ0) is 7.00. The molecule has 0 atom stereocenters. The molecule has 0 aromatic heterocycles. The summed E-state index contributed by atoms with van der Waals surface area (Å²) in [6.45, 7) is 0. The molecule has 0 aliphatic rings. The van der Waals surface area contributed by atoms with Crippen molar-refractivity contribution in [3.8, 4) is 0 Å². The van der Waals surface area contributed by atoms with E-state index in [4.69, 9.17) is 5.11 Å². The van der Waals surface area contributed by atoms with E-state index in [0.717, 1.165) is 0 Å². The largest absolute Gasteiger partial charge is 0.432 e. The summed E-state index contributed by atoms with van der Waals surface area (Å²) < 4.78 is 43.8. The van der Waals surface area contributed by atoms with Gasteiger partial charge in [0.25, 0.3) is 0 Å². The molecule has 0 fully saturated rings. The molecule has 0 aliphatic carbocycles. The molecule has 0 unspecified atom stereocenters. The molecule has 6 heteroatoms. The van der Waals surface area contributed by atoms with Gasteiger partial charge in [0, 0.05) is 0 Å². The average Bonchev–Trinajstić information content (AvgIpc) is 1.25. The van der Waals surface area contributed by atoms with Crippen molar-refractivity contribution in [3.05, 3.63) is 0 Å². The minimum absolute atomic E-state index is 3.68. The Morgan fingerprint density at radius 1 is 1.12 bits per heavy atom. The Morgan fingerprint density at radius 2 is 1.25 bits per heavy atom. The number of aliphatic hydroxyl groups is 1. The Labute approximate surface area is 46.9 Å². The molecule has 0 saturated heterocycles. The number of halogens is 5. The summed E-state index contributed by atoms with van der Waals surface area (Å²) in [4.78, 5) is 0. The summed E-state index contributed by atoms with van der Waals surface area (Å²) in [6.07, 6.45) is -5.13. The molecule has 1 nitrogen and oxygen atoms in total. The van der Waals surface area contributed by atoms with Gasteiger partial charge in [-0.15, -0.1) is 0 Å². The van der Waals surface area contributed by atoms with E-state index in [9.17, 15) is 17.6 Å². The van der Waals surface area contributed by atoms with Crippen LogP contribution >= 0.6 is 11.6 Å². The summed E-state index contributed by atoms with van der Waals surface area (Å²) in [6, 6.07) is 0. The quantitative estimate of drug-likeness (QED) is 0.445. The maximum Gasteiger partial charge on any atom is 0.432 e. The van der Waals surface area contributed by atoms with E-state index >= 15 is 0 Å². The molecule has 1 N–H and O–H groups in total. The van der Waals surface area contributed by atoms with E-state index in [0.29, 0.717) is 0 Å². The Balaban J connectivity index is 4.02. The lowest BCUT2D eigenvalue weighted by Crippen LogP contribution is -2.34. The molecule has 0 heterocycles. The fourth-order valence-corrected chi connectivity index (χ4v) is 0. The standard InChI is InChI=1S/C2HClF4O/c3-1(4,5)2(6,7)8/h8H. The van der Waals surface area contributed by atoms with Gasteiger partial charge in [-0.1, -0.05) is 0 Å². The van der Waals surface area contributed by atoms with E-state index in [1.54, 1.807) is 0 Å². The molecule has 8 heavy (non-hydrogen) atoms. The van der Waals surface area contributed by atoms with E-state index in [2.05, 4.69) is 11.6 Å². The first kappa shape index (κ1) is 7.97. The smallest absolute Gasteiger partial charge is 0.330 e. The van der Waals surface area contributed by atoms with E-state index in [-0.39, 0.29) is 0 Å². The van der Waals surface area contributed by atoms with Crippen LogP contribution in [0, 0.1) is 0 Å². The number of hydrogen-bond acceptors (Lipinski definition) is 1. The summed E-state index contributed by atoms with van der Waals surface area (Å²) in [5, 5.41) is 2.27. The van der Waals surface area contributed by atoms with Crippen molar-refractivity contribution in [1.82, 2.24) is 0 Å². The molecule has 0 aliphatic heterocycles. The van der Waals surface area contributed by atoms with Crippen LogP contribution in [0.15, 0.2) is 0 Å². The SMILES string of the molecule is OC(F)(F)C(F)(F)Cl. The van der Waals surface area contributed by atoms with Gasteiger partial charge in [-0.3, -0.25) is 0 Å². The zero-order valence-electron chi connectivity index (χ0n) is 3.34. The second-order valence-corrected chi connectivity index (χ2v) is 1.51. The molecule has 0 saturated carbocycles. The molecule has 0 aromatic carbocycles. The molecule has 0 bridgehead atoms. The van der Waals surface area contributed by atoms with Crippen LogP contribution in [0.2, 0.25) is 0 Å². The highest BCUT2D eigenvalue weighted by atomic mass is 35.5. The van der Waals surface area contributed by atoms with Crippen LogP contribution in [0.25, 0.3) is 0 Å². The van der Waals surface area contributed by atoms with Gasteiger partial charge in [-0.05, 0) is 11.6 Å². The van der Waals surface area contributed by atoms with Crippen molar-refractivity contribution >= 4 is 11.6 Å². The Hall–Kier alpha value is -0.0300. The molecular weight excluding hydrogens is 151 g/mol. The van der Waals surface area contributed by atoms with E-state index in [1.807, 2.05) is 0 Å². The highest BCUT2D eigenvalue weighted by molar-refractivity contribution is 6.22. The zero-order valence-corrected chi connectivity index (χ0v) is 4.09. The monoisotopic (exact) mass is 152 g/mol. The molecule has 0 radical (unpaired) electrons. The Morgan fingerprint density at radius 3 is 1.25 bits per heavy atom. The van der Waals surface area contributed by atoms with Crippen LogP contribution in [-0.4, -0.2) is 16.6 Å². The third kappa shape index (κ3) is 1.83. The topological polar surface area (TPSA) is 20.2 Å². The normalized spacial score (nSPS) is 14.2. The molecule has 0 amide bonds. The maximum absolute atomic E-state index is 11.0. The van der Waals surface area contributed by atoms with Crippen LogP contribution in [0.1, 0.15) is 0 Å². The first-order valence-electron chi connectivity index (χ1n) is 1.42. The second kappa shape index (κ2) is 1.73. The van der Waals surface area contributed by atoms with Gasteiger partial charge in [-0.25, -0.2) is 0 Å². The fraction of sp³-hybridized carbons (Fsp3) is 1.00. The van der Waals surface area contributed by atoms with Crippen molar-refractivity contribution in [2.24, 2.45) is 0 Å². The Kier molecular flexibility index (Phi) is 1.73. The minimum Gasteiger partial charge on any atom is -0.330 e. The summed E-state index contributed by atoms with van der Waals surface area (Å²) in [5.41, 5.74) is 0. The first-order chi connectivity index (χ1) is 3.25. The van der Waals surface area contributed by atoms with Crippen molar-refractivity contribution in [2.45, 2.75) is 11.5 Å². The molecule has 0 aromatic rings. The van der Waals surface area contributed by atoms with Gasteiger partial charge in [0.05, 0.1) is 0 Å². The Bertz CT molecular complexity index is 69.0. The lowest BCUT2D eigenvalue weighted by Gasteiger charge is -2.12. The van der Waals surface area contributed by atoms with E-state index < -0.39 is 11.5 Å². The maximum atomic E-state index is 11.0. The van der Waals surface area contributed by atoms with Crippen molar-refractivity contribution in [2.75, 3.05) is 0 Å². The molecule has 50 valence electrons. The van der Waals surface area contributed by atoms with Gasteiger partial charge in [-0.2, -0.15) is 17.6 Å². The summed E-state index contributed by atoms with van der Waals surface area (Å²) in [7, 11) is 0. The highest BCUT2D eigenvalue weighted by Crippen LogP contribution is 2.34. The second-order valence-electron chi connectivity index (χ2n) is 1.04. The van der Waals surface area contributed by atoms with Crippen molar-refractivity contribution < 1.29 is 22.7 Å². The van der Waals surface area contributed by atoms with Crippen LogP contribution in [0.3, 0.4) is 0 Å². The molecular formula is C2HClF4O. The summed E-state index contributed by atoms with van der Waals surface area (Å²) in [5.74, 6) is 0. The first-order valence-corrected chi connectivity index (χ1v) is 1.80. The third-order valence-electron chi connectivity index (χ3n) is 0.341. The molecule has 0 rings (SSSR count). The summed E-state index contributed by atoms with van der Waals surface area (Å²) >= 11 is 3.68. The lowest BCUT2D eigenvalue weighted by atomic mass is 10.7. The van der Waals surface area contributed by atoms with Gasteiger partial charge < -0.3 is 5.11 Å². The van der Waals surface area contributed by atoms with Crippen LogP contribution in [0.5, 0.6) is 0 Å².